The summed E-state index contributed by atoms with van der Waals surface area (Å²) in [5.41, 5.74) is 11.6. The summed E-state index contributed by atoms with van der Waals surface area (Å²) >= 11 is 0. The lowest BCUT2D eigenvalue weighted by atomic mass is 9.78. The second kappa shape index (κ2) is 11.7. The molecule has 246 valence electrons. The van der Waals surface area contributed by atoms with E-state index in [2.05, 4.69) is 161 Å². The van der Waals surface area contributed by atoms with E-state index in [1.165, 1.54) is 5.56 Å². The minimum Gasteiger partial charge on any atom is -0.507 e. The zero-order valence-electron chi connectivity index (χ0n) is 29.5. The fourth-order valence-corrected chi connectivity index (χ4v) is 7.09. The van der Waals surface area contributed by atoms with Crippen LogP contribution in [0.25, 0.3) is 72.0 Å². The summed E-state index contributed by atoms with van der Waals surface area (Å²) < 4.78 is 2.30. The number of benzene rings is 5. The van der Waals surface area contributed by atoms with Gasteiger partial charge >= 0.3 is 0 Å². The first-order chi connectivity index (χ1) is 24.0. The largest absolute Gasteiger partial charge is 0.507 e. The molecule has 0 aliphatic heterocycles. The first-order valence-corrected chi connectivity index (χ1v) is 17.3. The van der Waals surface area contributed by atoms with Gasteiger partial charge in [-0.05, 0) is 92.9 Å². The van der Waals surface area contributed by atoms with Crippen LogP contribution < -0.4 is 0 Å². The summed E-state index contributed by atoms with van der Waals surface area (Å²) in [7, 11) is 0. The van der Waals surface area contributed by atoms with Gasteiger partial charge in [-0.1, -0.05) is 114 Å². The summed E-state index contributed by atoms with van der Waals surface area (Å²) in [6.45, 7) is 13.1. The van der Waals surface area contributed by atoms with Crippen molar-refractivity contribution in [3.8, 4) is 45.1 Å². The zero-order valence-corrected chi connectivity index (χ0v) is 29.5. The van der Waals surface area contributed by atoms with Crippen molar-refractivity contribution in [1.82, 2.24) is 14.5 Å². The Morgan fingerprint density at radius 1 is 0.580 bits per heavy atom. The highest BCUT2D eigenvalue weighted by molar-refractivity contribution is 6.20. The van der Waals surface area contributed by atoms with Crippen LogP contribution in [0.3, 0.4) is 0 Å². The van der Waals surface area contributed by atoms with Gasteiger partial charge in [-0.3, -0.25) is 4.98 Å². The normalized spacial score (nSPS) is 12.3. The standard InChI is InChI=1S/C46H41N3O/c1-45(2,3)33-27-36(44(50)37(28-33)46(4,5)6)38-20-22-41-43(48-38)42-35-25-32(39-26-31(23-24-47-39)29-13-9-7-10-14-29)18-17-30(35)19-21-40(42)49(41)34-15-11-8-12-16-34/h7-28,50H,1-6H3. The molecule has 0 fully saturated rings. The number of hydrogen-bond acceptors (Lipinski definition) is 3. The molecule has 0 bridgehead atoms. The summed E-state index contributed by atoms with van der Waals surface area (Å²) in [6, 6.07) is 44.6. The van der Waals surface area contributed by atoms with Crippen LogP contribution in [-0.2, 0) is 10.8 Å². The van der Waals surface area contributed by atoms with Crippen LogP contribution >= 0.6 is 0 Å². The van der Waals surface area contributed by atoms with Crippen molar-refractivity contribution < 1.29 is 5.11 Å². The van der Waals surface area contributed by atoms with Crippen LogP contribution in [-0.4, -0.2) is 19.6 Å². The van der Waals surface area contributed by atoms with Crippen LogP contribution in [0.1, 0.15) is 52.7 Å². The second-order valence-corrected chi connectivity index (χ2v) is 15.3. The first kappa shape index (κ1) is 31.5. The Morgan fingerprint density at radius 2 is 1.28 bits per heavy atom. The topological polar surface area (TPSA) is 50.9 Å². The lowest BCUT2D eigenvalue weighted by molar-refractivity contribution is 0.446. The van der Waals surface area contributed by atoms with Crippen LogP contribution in [0.4, 0.5) is 0 Å². The van der Waals surface area contributed by atoms with E-state index in [1.54, 1.807) is 0 Å². The molecule has 0 radical (unpaired) electrons. The molecule has 8 rings (SSSR count). The smallest absolute Gasteiger partial charge is 0.128 e. The average Bonchev–Trinajstić information content (AvgIpc) is 3.45. The van der Waals surface area contributed by atoms with Crippen molar-refractivity contribution >= 4 is 32.7 Å². The number of para-hydroxylation sites is 1. The summed E-state index contributed by atoms with van der Waals surface area (Å²) in [5.74, 6) is 0.292. The van der Waals surface area contributed by atoms with E-state index in [0.717, 1.165) is 77.6 Å². The van der Waals surface area contributed by atoms with Gasteiger partial charge < -0.3 is 9.67 Å². The Balaban J connectivity index is 1.41. The van der Waals surface area contributed by atoms with Crippen molar-refractivity contribution in [2.45, 2.75) is 52.4 Å². The van der Waals surface area contributed by atoms with Gasteiger partial charge in [0.25, 0.3) is 0 Å². The minimum atomic E-state index is -0.244. The molecule has 3 aromatic heterocycles. The minimum absolute atomic E-state index is 0.103. The van der Waals surface area contributed by atoms with Crippen molar-refractivity contribution in [3.05, 3.63) is 145 Å². The van der Waals surface area contributed by atoms with Crippen molar-refractivity contribution in [1.29, 1.82) is 0 Å². The molecule has 8 aromatic rings. The van der Waals surface area contributed by atoms with E-state index >= 15 is 0 Å². The third-order valence-electron chi connectivity index (χ3n) is 9.83. The van der Waals surface area contributed by atoms with E-state index in [9.17, 15) is 5.11 Å². The van der Waals surface area contributed by atoms with Gasteiger partial charge in [0.05, 0.1) is 27.9 Å². The lowest BCUT2D eigenvalue weighted by Crippen LogP contribution is -2.17. The molecule has 0 spiro atoms. The molecule has 0 atom stereocenters. The number of phenols is 1. The Kier molecular flexibility index (Phi) is 7.38. The molecule has 4 nitrogen and oxygen atoms in total. The molecule has 5 aromatic carbocycles. The molecule has 0 aliphatic carbocycles. The van der Waals surface area contributed by atoms with E-state index < -0.39 is 0 Å². The number of nitrogens with zero attached hydrogens (tertiary/aromatic N) is 3. The molecule has 50 heavy (non-hydrogen) atoms. The van der Waals surface area contributed by atoms with Gasteiger partial charge in [0.2, 0.25) is 0 Å². The lowest BCUT2D eigenvalue weighted by Gasteiger charge is -2.27. The number of aromatic nitrogens is 3. The maximum atomic E-state index is 11.8. The maximum Gasteiger partial charge on any atom is 0.128 e. The van der Waals surface area contributed by atoms with Gasteiger partial charge in [0.1, 0.15) is 5.75 Å². The summed E-state index contributed by atoms with van der Waals surface area (Å²) in [6.07, 6.45) is 1.89. The molecule has 1 N–H and O–H groups in total. The highest BCUT2D eigenvalue weighted by atomic mass is 16.3. The molecule has 0 aliphatic rings. The first-order valence-electron chi connectivity index (χ1n) is 17.3. The van der Waals surface area contributed by atoms with Crippen LogP contribution in [0, 0.1) is 0 Å². The second-order valence-electron chi connectivity index (χ2n) is 15.3. The number of pyridine rings is 2. The fourth-order valence-electron chi connectivity index (χ4n) is 7.09. The van der Waals surface area contributed by atoms with E-state index in [0.29, 0.717) is 5.75 Å². The van der Waals surface area contributed by atoms with Crippen molar-refractivity contribution in [2.75, 3.05) is 0 Å². The Bertz CT molecular complexity index is 2550. The molecule has 3 heterocycles. The third kappa shape index (κ3) is 5.42. The number of hydrogen-bond donors (Lipinski definition) is 1. The van der Waals surface area contributed by atoms with Crippen molar-refractivity contribution in [3.63, 3.8) is 0 Å². The molecule has 0 saturated carbocycles. The quantitative estimate of drug-likeness (QED) is 0.206. The average molecular weight is 652 g/mol. The highest BCUT2D eigenvalue weighted by Gasteiger charge is 2.27. The summed E-state index contributed by atoms with van der Waals surface area (Å²) in [4.78, 5) is 10.2. The summed E-state index contributed by atoms with van der Waals surface area (Å²) in [5, 5.41) is 15.1. The van der Waals surface area contributed by atoms with Gasteiger partial charge in [0.15, 0.2) is 0 Å². The maximum absolute atomic E-state index is 11.8. The van der Waals surface area contributed by atoms with Gasteiger partial charge in [0, 0.05) is 34.0 Å². The number of rotatable bonds is 4. The van der Waals surface area contributed by atoms with Crippen LogP contribution in [0.15, 0.2) is 134 Å². The predicted octanol–water partition coefficient (Wildman–Crippen LogP) is 12.0. The number of aromatic hydroxyl groups is 1. The van der Waals surface area contributed by atoms with E-state index in [4.69, 9.17) is 9.97 Å². The van der Waals surface area contributed by atoms with Crippen molar-refractivity contribution in [2.24, 2.45) is 0 Å². The van der Waals surface area contributed by atoms with Gasteiger partial charge in [-0.15, -0.1) is 0 Å². The third-order valence-corrected chi connectivity index (χ3v) is 9.83. The predicted molar refractivity (Wildman–Crippen MR) is 209 cm³/mol. The SMILES string of the molecule is CC(C)(C)c1cc(-c2ccc3c(n2)c2c4cc(-c5cc(-c6ccccc6)ccn5)ccc4ccc2n3-c2ccccc2)c(O)c(C(C)(C)C)c1. The van der Waals surface area contributed by atoms with Crippen LogP contribution in [0.2, 0.25) is 0 Å². The molecule has 4 heteroatoms. The number of phenolic OH excluding ortho intramolecular Hbond substituents is 1. The van der Waals surface area contributed by atoms with Gasteiger partial charge in [-0.2, -0.15) is 0 Å². The Labute approximate surface area is 293 Å². The fraction of sp³-hybridized carbons (Fsp3) is 0.174. The molecular formula is C46H41N3O. The Hall–Kier alpha value is -5.74. The molecule has 0 unspecified atom stereocenters. The van der Waals surface area contributed by atoms with E-state index in [-0.39, 0.29) is 10.8 Å². The van der Waals surface area contributed by atoms with Crippen LogP contribution in [0.5, 0.6) is 5.75 Å². The zero-order chi connectivity index (χ0) is 34.8. The van der Waals surface area contributed by atoms with Gasteiger partial charge in [-0.25, -0.2) is 4.98 Å². The highest BCUT2D eigenvalue weighted by Crippen LogP contribution is 2.44. The monoisotopic (exact) mass is 651 g/mol. The molecule has 0 saturated heterocycles. The van der Waals surface area contributed by atoms with E-state index in [1.807, 2.05) is 18.3 Å². The Morgan fingerprint density at radius 3 is 2.00 bits per heavy atom. The number of fused-ring (bicyclic) bond motifs is 5. The molecule has 0 amide bonds. The molecular weight excluding hydrogens is 611 g/mol.